The molecule has 0 unspecified atom stereocenters. The summed E-state index contributed by atoms with van der Waals surface area (Å²) in [5.74, 6) is 2.48. The fourth-order valence-corrected chi connectivity index (χ4v) is 2.06. The van der Waals surface area contributed by atoms with Crippen molar-refractivity contribution in [2.45, 2.75) is 6.54 Å². The summed E-state index contributed by atoms with van der Waals surface area (Å²) < 4.78 is 10.3. The first kappa shape index (κ1) is 13.2. The van der Waals surface area contributed by atoms with Crippen molar-refractivity contribution in [3.8, 4) is 17.0 Å². The van der Waals surface area contributed by atoms with E-state index in [0.717, 1.165) is 28.6 Å². The van der Waals surface area contributed by atoms with Crippen LogP contribution < -0.4 is 9.64 Å². The van der Waals surface area contributed by atoms with Crippen LogP contribution >= 0.6 is 0 Å². The standard InChI is InChI=1S/C15H16N4O2/c1-19(10-13-7-8-16-21-13)15-9-14(17-18-15)11-3-5-12(20-2)6-4-11/h3-9H,10H2,1-2H3,(H,17,18). The minimum atomic E-state index is 0.618. The highest BCUT2D eigenvalue weighted by Crippen LogP contribution is 2.24. The summed E-state index contributed by atoms with van der Waals surface area (Å²) in [6.07, 6.45) is 1.64. The number of nitrogens with zero attached hydrogens (tertiary/aromatic N) is 3. The lowest BCUT2D eigenvalue weighted by Crippen LogP contribution is -2.16. The van der Waals surface area contributed by atoms with E-state index in [9.17, 15) is 0 Å². The molecule has 0 amide bonds. The molecule has 0 aliphatic carbocycles. The fourth-order valence-electron chi connectivity index (χ4n) is 2.06. The van der Waals surface area contributed by atoms with Gasteiger partial charge in [-0.1, -0.05) is 5.16 Å². The van der Waals surface area contributed by atoms with Crippen molar-refractivity contribution in [3.05, 3.63) is 48.4 Å². The molecule has 1 N–H and O–H groups in total. The lowest BCUT2D eigenvalue weighted by atomic mass is 10.1. The van der Waals surface area contributed by atoms with E-state index in [4.69, 9.17) is 9.26 Å². The zero-order chi connectivity index (χ0) is 14.7. The molecule has 108 valence electrons. The van der Waals surface area contributed by atoms with E-state index in [2.05, 4.69) is 15.4 Å². The number of ether oxygens (including phenoxy) is 1. The Morgan fingerprint density at radius 1 is 1.24 bits per heavy atom. The molecule has 0 atom stereocenters. The van der Waals surface area contributed by atoms with E-state index in [0.29, 0.717) is 6.54 Å². The Kier molecular flexibility index (Phi) is 3.59. The molecule has 21 heavy (non-hydrogen) atoms. The summed E-state index contributed by atoms with van der Waals surface area (Å²) in [6.45, 7) is 0.618. The highest BCUT2D eigenvalue weighted by atomic mass is 16.5. The van der Waals surface area contributed by atoms with Gasteiger partial charge in [-0.05, 0) is 29.8 Å². The zero-order valence-corrected chi connectivity index (χ0v) is 11.9. The normalized spacial score (nSPS) is 10.6. The Hall–Kier alpha value is -2.76. The van der Waals surface area contributed by atoms with Gasteiger partial charge in [0.1, 0.15) is 5.75 Å². The third-order valence-corrected chi connectivity index (χ3v) is 3.24. The molecule has 0 fully saturated rings. The van der Waals surface area contributed by atoms with E-state index < -0.39 is 0 Å². The van der Waals surface area contributed by atoms with E-state index in [1.807, 2.05) is 48.3 Å². The smallest absolute Gasteiger partial charge is 0.155 e. The number of nitrogens with one attached hydrogen (secondary N) is 1. The molecule has 0 saturated heterocycles. The van der Waals surface area contributed by atoms with E-state index in [-0.39, 0.29) is 0 Å². The highest BCUT2D eigenvalue weighted by molar-refractivity contribution is 5.63. The van der Waals surface area contributed by atoms with Gasteiger partial charge >= 0.3 is 0 Å². The molecule has 0 aliphatic rings. The van der Waals surface area contributed by atoms with Crippen molar-refractivity contribution >= 4 is 5.82 Å². The molecule has 0 aliphatic heterocycles. The van der Waals surface area contributed by atoms with Gasteiger partial charge < -0.3 is 14.2 Å². The van der Waals surface area contributed by atoms with Crippen LogP contribution in [0.1, 0.15) is 5.76 Å². The van der Waals surface area contributed by atoms with Crippen LogP contribution in [-0.2, 0) is 6.54 Å². The number of aromatic amines is 1. The Labute approximate surface area is 122 Å². The van der Waals surface area contributed by atoms with Crippen LogP contribution in [0.25, 0.3) is 11.3 Å². The number of benzene rings is 1. The van der Waals surface area contributed by atoms with Crippen LogP contribution in [0, 0.1) is 0 Å². The maximum Gasteiger partial charge on any atom is 0.155 e. The molecule has 3 rings (SSSR count). The van der Waals surface area contributed by atoms with Gasteiger partial charge in [0, 0.05) is 19.2 Å². The van der Waals surface area contributed by atoms with Gasteiger partial charge in [-0.2, -0.15) is 5.10 Å². The van der Waals surface area contributed by atoms with Gasteiger partial charge in [-0.25, -0.2) is 0 Å². The van der Waals surface area contributed by atoms with Gasteiger partial charge in [-0.15, -0.1) is 0 Å². The summed E-state index contributed by atoms with van der Waals surface area (Å²) in [4.78, 5) is 1.99. The van der Waals surface area contributed by atoms with Crippen molar-refractivity contribution in [1.82, 2.24) is 15.4 Å². The quantitative estimate of drug-likeness (QED) is 0.780. The third kappa shape index (κ3) is 2.89. The molecule has 2 heterocycles. The van der Waals surface area contributed by atoms with Crippen molar-refractivity contribution in [2.75, 3.05) is 19.1 Å². The largest absolute Gasteiger partial charge is 0.497 e. The molecule has 0 spiro atoms. The second-order valence-corrected chi connectivity index (χ2v) is 4.70. The topological polar surface area (TPSA) is 67.2 Å². The molecule has 0 saturated carbocycles. The van der Waals surface area contributed by atoms with Crippen molar-refractivity contribution < 1.29 is 9.26 Å². The SMILES string of the molecule is COc1ccc(-c2cc(N(C)Cc3ccno3)n[nH]2)cc1. The fraction of sp³-hybridized carbons (Fsp3) is 0.200. The number of rotatable bonds is 5. The number of methoxy groups -OCH3 is 1. The van der Waals surface area contributed by atoms with Gasteiger partial charge in [0.05, 0.1) is 25.5 Å². The first-order chi connectivity index (χ1) is 10.3. The maximum absolute atomic E-state index is 5.16. The number of aromatic nitrogens is 3. The minimum Gasteiger partial charge on any atom is -0.497 e. The number of hydrogen-bond donors (Lipinski definition) is 1. The molecule has 1 aromatic carbocycles. The zero-order valence-electron chi connectivity index (χ0n) is 11.9. The molecule has 6 heteroatoms. The summed E-state index contributed by atoms with van der Waals surface area (Å²) >= 11 is 0. The predicted octanol–water partition coefficient (Wildman–Crippen LogP) is 2.71. The summed E-state index contributed by atoms with van der Waals surface area (Å²) in [6, 6.07) is 11.7. The maximum atomic E-state index is 5.16. The second kappa shape index (κ2) is 5.70. The van der Waals surface area contributed by atoms with Gasteiger partial charge in [-0.3, -0.25) is 5.10 Å². The van der Waals surface area contributed by atoms with E-state index in [1.54, 1.807) is 13.3 Å². The monoisotopic (exact) mass is 284 g/mol. The highest BCUT2D eigenvalue weighted by Gasteiger charge is 2.10. The lowest BCUT2D eigenvalue weighted by molar-refractivity contribution is 0.382. The van der Waals surface area contributed by atoms with Crippen molar-refractivity contribution in [3.63, 3.8) is 0 Å². The van der Waals surface area contributed by atoms with Gasteiger partial charge in [0.2, 0.25) is 0 Å². The molecule has 0 bridgehead atoms. The van der Waals surface area contributed by atoms with Crippen LogP contribution in [-0.4, -0.2) is 29.5 Å². The third-order valence-electron chi connectivity index (χ3n) is 3.24. The first-order valence-electron chi connectivity index (χ1n) is 6.57. The molecule has 6 nitrogen and oxygen atoms in total. The van der Waals surface area contributed by atoms with Crippen LogP contribution in [0.2, 0.25) is 0 Å². The molecule has 3 aromatic rings. The Morgan fingerprint density at radius 3 is 2.71 bits per heavy atom. The van der Waals surface area contributed by atoms with Crippen LogP contribution in [0.15, 0.2) is 47.1 Å². The van der Waals surface area contributed by atoms with E-state index in [1.165, 1.54) is 0 Å². The summed E-state index contributed by atoms with van der Waals surface area (Å²) in [5.41, 5.74) is 2.01. The molecular formula is C15H16N4O2. The predicted molar refractivity (Wildman–Crippen MR) is 79.2 cm³/mol. The average Bonchev–Trinajstić information content (AvgIpc) is 3.18. The van der Waals surface area contributed by atoms with Crippen LogP contribution in [0.3, 0.4) is 0 Å². The van der Waals surface area contributed by atoms with Crippen LogP contribution in [0.5, 0.6) is 5.75 Å². The number of H-pyrrole nitrogens is 1. The average molecular weight is 284 g/mol. The van der Waals surface area contributed by atoms with E-state index >= 15 is 0 Å². The van der Waals surface area contributed by atoms with Gasteiger partial charge in [0.25, 0.3) is 0 Å². The van der Waals surface area contributed by atoms with Crippen molar-refractivity contribution in [1.29, 1.82) is 0 Å². The minimum absolute atomic E-state index is 0.618. The van der Waals surface area contributed by atoms with Crippen LogP contribution in [0.4, 0.5) is 5.82 Å². The Balaban J connectivity index is 1.75. The second-order valence-electron chi connectivity index (χ2n) is 4.70. The molecular weight excluding hydrogens is 268 g/mol. The number of anilines is 1. The molecule has 0 radical (unpaired) electrons. The van der Waals surface area contributed by atoms with Crippen molar-refractivity contribution in [2.24, 2.45) is 0 Å². The Bertz CT molecular complexity index is 689. The lowest BCUT2D eigenvalue weighted by Gasteiger charge is -2.13. The Morgan fingerprint density at radius 2 is 2.05 bits per heavy atom. The summed E-state index contributed by atoms with van der Waals surface area (Å²) in [5, 5.41) is 11.1. The first-order valence-corrected chi connectivity index (χ1v) is 6.57. The summed E-state index contributed by atoms with van der Waals surface area (Å²) in [7, 11) is 3.61. The molecule has 2 aromatic heterocycles. The van der Waals surface area contributed by atoms with Gasteiger partial charge in [0.15, 0.2) is 11.6 Å². The number of hydrogen-bond acceptors (Lipinski definition) is 5.